The second-order valence-electron chi connectivity index (χ2n) is 3.42. The Morgan fingerprint density at radius 3 is 2.60 bits per heavy atom. The average molecular weight is 325 g/mol. The van der Waals surface area contributed by atoms with E-state index in [9.17, 15) is 18.0 Å². The van der Waals surface area contributed by atoms with Crippen LogP contribution in [0.3, 0.4) is 0 Å². The highest BCUT2D eigenvalue weighted by atomic mass is 35.5. The van der Waals surface area contributed by atoms with Gasteiger partial charge < -0.3 is 9.84 Å². The minimum Gasteiger partial charge on any atom is -0.478 e. The number of alkyl halides is 3. The Balaban J connectivity index is 2.32. The van der Waals surface area contributed by atoms with Gasteiger partial charge in [-0.15, -0.1) is 5.10 Å². The van der Waals surface area contributed by atoms with Crippen molar-refractivity contribution in [2.24, 2.45) is 0 Å². The first-order chi connectivity index (χ1) is 9.27. The summed E-state index contributed by atoms with van der Waals surface area (Å²) in [5, 5.41) is 13.6. The molecule has 0 spiro atoms. The first kappa shape index (κ1) is 14.5. The van der Waals surface area contributed by atoms with E-state index < -0.39 is 22.3 Å². The standard InChI is InChI=1S/C10H4ClF3N2O3S/c11-4-1-2-5(7(17)18)6(3-4)19-9-16-15-8(20-9)10(12,13)14/h1-3H,(H,17,18). The zero-order chi connectivity index (χ0) is 14.9. The molecule has 0 atom stereocenters. The Morgan fingerprint density at radius 1 is 1.35 bits per heavy atom. The Bertz CT molecular complexity index is 659. The minimum absolute atomic E-state index is 0.155. The molecule has 0 amide bonds. The summed E-state index contributed by atoms with van der Waals surface area (Å²) in [7, 11) is 0. The zero-order valence-corrected chi connectivity index (χ0v) is 10.9. The zero-order valence-electron chi connectivity index (χ0n) is 9.31. The lowest BCUT2D eigenvalue weighted by atomic mass is 10.2. The van der Waals surface area contributed by atoms with Crippen molar-refractivity contribution in [3.8, 4) is 10.9 Å². The predicted octanol–water partition coefficient (Wildman–Crippen LogP) is 3.70. The van der Waals surface area contributed by atoms with Gasteiger partial charge in [0.2, 0.25) is 5.01 Å². The Kier molecular flexibility index (Phi) is 3.82. The van der Waals surface area contributed by atoms with Crippen molar-refractivity contribution in [2.75, 3.05) is 0 Å². The van der Waals surface area contributed by atoms with Crippen LogP contribution in [0, 0.1) is 0 Å². The molecule has 20 heavy (non-hydrogen) atoms. The van der Waals surface area contributed by atoms with Crippen molar-refractivity contribution in [2.45, 2.75) is 6.18 Å². The fourth-order valence-electron chi connectivity index (χ4n) is 1.22. The molecule has 1 aromatic heterocycles. The molecule has 1 aromatic carbocycles. The molecule has 2 rings (SSSR count). The van der Waals surface area contributed by atoms with Crippen LogP contribution in [0.25, 0.3) is 0 Å². The number of hydrogen-bond donors (Lipinski definition) is 1. The van der Waals surface area contributed by atoms with E-state index in [1.165, 1.54) is 18.2 Å². The SMILES string of the molecule is O=C(O)c1ccc(Cl)cc1Oc1nnc(C(F)(F)F)s1. The summed E-state index contributed by atoms with van der Waals surface area (Å²) in [5.41, 5.74) is -0.252. The van der Waals surface area contributed by atoms with Crippen molar-refractivity contribution in [1.82, 2.24) is 10.2 Å². The summed E-state index contributed by atoms with van der Waals surface area (Å²) in [6.45, 7) is 0. The van der Waals surface area contributed by atoms with Crippen LogP contribution in [-0.4, -0.2) is 21.3 Å². The molecular formula is C10H4ClF3N2O3S. The topological polar surface area (TPSA) is 72.3 Å². The maximum absolute atomic E-state index is 12.3. The van der Waals surface area contributed by atoms with Gasteiger partial charge in [0.05, 0.1) is 0 Å². The van der Waals surface area contributed by atoms with Crippen LogP contribution < -0.4 is 4.74 Å². The number of hydrogen-bond acceptors (Lipinski definition) is 5. The van der Waals surface area contributed by atoms with E-state index in [4.69, 9.17) is 21.4 Å². The molecule has 0 aliphatic carbocycles. The smallest absolute Gasteiger partial charge is 0.445 e. The van der Waals surface area contributed by atoms with Gasteiger partial charge in [-0.1, -0.05) is 28.0 Å². The number of carboxylic acids is 1. The van der Waals surface area contributed by atoms with Crippen LogP contribution in [0.2, 0.25) is 5.02 Å². The number of halogens is 4. The third kappa shape index (κ3) is 3.17. The third-order valence-corrected chi connectivity index (χ3v) is 3.10. The molecule has 0 saturated heterocycles. The molecule has 1 N–H and O–H groups in total. The third-order valence-electron chi connectivity index (χ3n) is 2.02. The van der Waals surface area contributed by atoms with Gasteiger partial charge in [0.15, 0.2) is 0 Å². The van der Waals surface area contributed by atoms with E-state index in [2.05, 4.69) is 10.2 Å². The van der Waals surface area contributed by atoms with Crippen LogP contribution in [0.5, 0.6) is 10.9 Å². The van der Waals surface area contributed by atoms with Gasteiger partial charge in [0.1, 0.15) is 11.3 Å². The van der Waals surface area contributed by atoms with Crippen molar-refractivity contribution >= 4 is 28.9 Å². The fraction of sp³-hybridized carbons (Fsp3) is 0.100. The monoisotopic (exact) mass is 324 g/mol. The first-order valence-electron chi connectivity index (χ1n) is 4.89. The lowest BCUT2D eigenvalue weighted by molar-refractivity contribution is -0.138. The van der Waals surface area contributed by atoms with Crippen molar-refractivity contribution in [3.05, 3.63) is 33.8 Å². The molecule has 106 valence electrons. The van der Waals surface area contributed by atoms with Crippen LogP contribution in [0.4, 0.5) is 13.2 Å². The van der Waals surface area contributed by atoms with Gasteiger partial charge in [-0.05, 0) is 12.1 Å². The van der Waals surface area contributed by atoms with E-state index >= 15 is 0 Å². The molecule has 0 radical (unpaired) electrons. The molecule has 0 saturated carbocycles. The highest BCUT2D eigenvalue weighted by molar-refractivity contribution is 7.13. The molecule has 0 unspecified atom stereocenters. The maximum atomic E-state index is 12.3. The van der Waals surface area contributed by atoms with Crippen LogP contribution in [0.15, 0.2) is 18.2 Å². The minimum atomic E-state index is -4.64. The highest BCUT2D eigenvalue weighted by Gasteiger charge is 2.36. The van der Waals surface area contributed by atoms with Gasteiger partial charge in [0.25, 0.3) is 5.19 Å². The van der Waals surface area contributed by atoms with Crippen molar-refractivity contribution < 1.29 is 27.8 Å². The Labute approximate surface area is 118 Å². The van der Waals surface area contributed by atoms with E-state index in [1.807, 2.05) is 0 Å². The second-order valence-corrected chi connectivity index (χ2v) is 4.80. The Hall–Kier alpha value is -1.87. The molecular weight excluding hydrogens is 321 g/mol. The lowest BCUT2D eigenvalue weighted by Gasteiger charge is -2.05. The van der Waals surface area contributed by atoms with Gasteiger partial charge >= 0.3 is 12.1 Å². The number of aromatic nitrogens is 2. The number of carbonyl (C=O) groups is 1. The first-order valence-corrected chi connectivity index (χ1v) is 6.08. The van der Waals surface area contributed by atoms with Crippen LogP contribution in [-0.2, 0) is 6.18 Å². The van der Waals surface area contributed by atoms with E-state index in [0.29, 0.717) is 0 Å². The number of ether oxygens (including phenoxy) is 1. The van der Waals surface area contributed by atoms with Gasteiger partial charge in [-0.3, -0.25) is 0 Å². The Morgan fingerprint density at radius 2 is 2.05 bits per heavy atom. The summed E-state index contributed by atoms with van der Waals surface area (Å²) in [4.78, 5) is 11.0. The summed E-state index contributed by atoms with van der Waals surface area (Å²) >= 11 is 5.84. The molecule has 5 nitrogen and oxygen atoms in total. The highest BCUT2D eigenvalue weighted by Crippen LogP contribution is 2.36. The molecule has 0 aliphatic rings. The quantitative estimate of drug-likeness (QED) is 0.932. The van der Waals surface area contributed by atoms with Crippen LogP contribution in [0.1, 0.15) is 15.4 Å². The van der Waals surface area contributed by atoms with Crippen molar-refractivity contribution in [1.29, 1.82) is 0 Å². The molecule has 2 aromatic rings. The van der Waals surface area contributed by atoms with E-state index in [0.717, 1.165) is 0 Å². The maximum Gasteiger partial charge on any atom is 0.445 e. The summed E-state index contributed by atoms with van der Waals surface area (Å²) in [6, 6.07) is 3.66. The van der Waals surface area contributed by atoms with Gasteiger partial charge in [-0.25, -0.2) is 4.79 Å². The average Bonchev–Trinajstić information content (AvgIpc) is 2.76. The molecule has 0 aliphatic heterocycles. The number of carboxylic acid groups (broad SMARTS) is 1. The normalized spacial score (nSPS) is 11.4. The van der Waals surface area contributed by atoms with Crippen molar-refractivity contribution in [3.63, 3.8) is 0 Å². The lowest BCUT2D eigenvalue weighted by Crippen LogP contribution is -2.03. The number of aromatic carboxylic acids is 1. The fourth-order valence-corrected chi connectivity index (χ4v) is 1.95. The summed E-state index contributed by atoms with van der Waals surface area (Å²) in [6.07, 6.45) is -4.64. The van der Waals surface area contributed by atoms with Crippen LogP contribution >= 0.6 is 22.9 Å². The van der Waals surface area contributed by atoms with E-state index in [1.54, 1.807) is 0 Å². The van der Waals surface area contributed by atoms with Gasteiger partial charge in [0, 0.05) is 11.1 Å². The predicted molar refractivity (Wildman–Crippen MR) is 63.4 cm³/mol. The number of rotatable bonds is 3. The number of nitrogens with zero attached hydrogens (tertiary/aromatic N) is 2. The second kappa shape index (κ2) is 5.25. The molecule has 1 heterocycles. The summed E-state index contributed by atoms with van der Waals surface area (Å²) < 4.78 is 42.1. The number of benzene rings is 1. The summed E-state index contributed by atoms with van der Waals surface area (Å²) in [5.74, 6) is -1.52. The molecule has 0 fully saturated rings. The van der Waals surface area contributed by atoms with Gasteiger partial charge in [-0.2, -0.15) is 13.2 Å². The largest absolute Gasteiger partial charge is 0.478 e. The molecule has 10 heteroatoms. The molecule has 0 bridgehead atoms. The van der Waals surface area contributed by atoms with E-state index in [-0.39, 0.29) is 27.7 Å².